The van der Waals surface area contributed by atoms with Crippen molar-refractivity contribution in [2.75, 3.05) is 0 Å². The molecule has 0 aliphatic rings. The van der Waals surface area contributed by atoms with Crippen LogP contribution in [-0.4, -0.2) is 9.97 Å². The van der Waals surface area contributed by atoms with Crippen LogP contribution in [0.4, 0.5) is 0 Å². The third-order valence-electron chi connectivity index (χ3n) is 4.11. The second-order valence-corrected chi connectivity index (χ2v) is 6.46. The maximum Gasteiger partial charge on any atom is 0.249 e. The molecule has 1 N–H and O–H groups in total. The Kier molecular flexibility index (Phi) is 3.86. The van der Waals surface area contributed by atoms with Gasteiger partial charge in [0.25, 0.3) is 0 Å². The highest BCUT2D eigenvalue weighted by Gasteiger charge is 2.12. The summed E-state index contributed by atoms with van der Waals surface area (Å²) in [5.74, 6) is 0. The Morgan fingerprint density at radius 2 is 1.72 bits per heavy atom. The van der Waals surface area contributed by atoms with Crippen molar-refractivity contribution in [2.24, 2.45) is 0 Å². The van der Waals surface area contributed by atoms with E-state index in [9.17, 15) is 4.79 Å². The summed E-state index contributed by atoms with van der Waals surface area (Å²) in [4.78, 5) is 19.2. The molecule has 0 radical (unpaired) electrons. The topological polar surface area (TPSA) is 45.8 Å². The maximum atomic E-state index is 11.7. The highest BCUT2D eigenvalue weighted by molar-refractivity contribution is 6.31. The van der Waals surface area contributed by atoms with Crippen LogP contribution in [0.3, 0.4) is 0 Å². The summed E-state index contributed by atoms with van der Waals surface area (Å²) in [7, 11) is 0. The van der Waals surface area contributed by atoms with Gasteiger partial charge in [0.15, 0.2) is 0 Å². The van der Waals surface area contributed by atoms with Crippen LogP contribution in [0.1, 0.15) is 5.56 Å². The van der Waals surface area contributed by atoms with E-state index in [4.69, 9.17) is 16.6 Å². The van der Waals surface area contributed by atoms with E-state index in [1.807, 2.05) is 55.5 Å². The number of nitrogens with one attached hydrogen (secondary N) is 1. The van der Waals surface area contributed by atoms with Crippen molar-refractivity contribution >= 4 is 22.6 Å². The number of aromatic nitrogens is 2. The number of hydrogen-bond acceptors (Lipinski definition) is 2. The number of aryl methyl sites for hydroxylation is 1. The predicted molar refractivity (Wildman–Crippen MR) is 103 cm³/mol. The first-order valence-corrected chi connectivity index (χ1v) is 8.35. The summed E-state index contributed by atoms with van der Waals surface area (Å²) in [5, 5.41) is 1.57. The Bertz CT molecular complexity index is 1110. The molecule has 0 atom stereocenters. The third kappa shape index (κ3) is 3.06. The van der Waals surface area contributed by atoms with Gasteiger partial charge in [-0.15, -0.1) is 0 Å². The second kappa shape index (κ2) is 6.19. The van der Waals surface area contributed by atoms with E-state index < -0.39 is 0 Å². The van der Waals surface area contributed by atoms with E-state index >= 15 is 0 Å². The van der Waals surface area contributed by atoms with Gasteiger partial charge in [-0.2, -0.15) is 0 Å². The number of pyridine rings is 2. The summed E-state index contributed by atoms with van der Waals surface area (Å²) in [5.41, 5.74) is 5.29. The molecule has 2 aromatic heterocycles. The normalized spacial score (nSPS) is 11.0. The van der Waals surface area contributed by atoms with Gasteiger partial charge in [-0.25, -0.2) is 4.98 Å². The molecule has 3 nitrogen and oxygen atoms in total. The molecule has 4 aromatic rings. The van der Waals surface area contributed by atoms with E-state index in [1.165, 1.54) is 6.07 Å². The quantitative estimate of drug-likeness (QED) is 0.541. The predicted octanol–water partition coefficient (Wildman–Crippen LogP) is 5.22. The standard InChI is InChI=1S/C21H15ClN2O/c1-13-9-16(11-17(22)10-13)18-12-15-7-8-19(25)23-21(15)24-20(18)14-5-3-2-4-6-14/h2-12H,1H3,(H,23,24,25). The lowest BCUT2D eigenvalue weighted by atomic mass is 9.97. The zero-order valence-electron chi connectivity index (χ0n) is 13.6. The lowest BCUT2D eigenvalue weighted by Gasteiger charge is -2.12. The number of H-pyrrole nitrogens is 1. The molecule has 0 unspecified atom stereocenters. The fourth-order valence-electron chi connectivity index (χ4n) is 3.01. The largest absolute Gasteiger partial charge is 0.307 e. The van der Waals surface area contributed by atoms with E-state index in [-0.39, 0.29) is 5.56 Å². The number of nitrogens with zero attached hydrogens (tertiary/aromatic N) is 1. The van der Waals surface area contributed by atoms with E-state index in [1.54, 1.807) is 6.07 Å². The first-order chi connectivity index (χ1) is 12.1. The second-order valence-electron chi connectivity index (χ2n) is 6.03. The van der Waals surface area contributed by atoms with Gasteiger partial charge in [0.2, 0.25) is 5.56 Å². The average Bonchev–Trinajstić information content (AvgIpc) is 2.60. The average molecular weight is 347 g/mol. The molecular weight excluding hydrogens is 332 g/mol. The Hall–Kier alpha value is -2.91. The molecule has 2 heterocycles. The third-order valence-corrected chi connectivity index (χ3v) is 4.33. The number of hydrogen-bond donors (Lipinski definition) is 1. The first-order valence-electron chi connectivity index (χ1n) is 7.97. The van der Waals surface area contributed by atoms with Gasteiger partial charge < -0.3 is 4.98 Å². The molecule has 2 aromatic carbocycles. The highest BCUT2D eigenvalue weighted by Crippen LogP contribution is 2.34. The van der Waals surface area contributed by atoms with Crippen LogP contribution in [0, 0.1) is 6.92 Å². The lowest BCUT2D eigenvalue weighted by Crippen LogP contribution is -2.04. The summed E-state index contributed by atoms with van der Waals surface area (Å²) in [6.45, 7) is 2.02. The van der Waals surface area contributed by atoms with E-state index in [0.29, 0.717) is 10.7 Å². The SMILES string of the molecule is Cc1cc(Cl)cc(-c2cc3ccc(=O)[nH]c3nc2-c2ccccc2)c1. The van der Waals surface area contributed by atoms with Crippen molar-refractivity contribution in [3.05, 3.63) is 87.7 Å². The molecule has 0 fully saturated rings. The van der Waals surface area contributed by atoms with Crippen LogP contribution in [0.15, 0.2) is 71.5 Å². The van der Waals surface area contributed by atoms with Crippen LogP contribution in [0.5, 0.6) is 0 Å². The van der Waals surface area contributed by atoms with Crippen LogP contribution in [-0.2, 0) is 0 Å². The van der Waals surface area contributed by atoms with Gasteiger partial charge in [-0.1, -0.05) is 48.0 Å². The van der Waals surface area contributed by atoms with Gasteiger partial charge in [0.05, 0.1) is 5.69 Å². The molecule has 0 spiro atoms. The van der Waals surface area contributed by atoms with Crippen LogP contribution in [0.25, 0.3) is 33.4 Å². The van der Waals surface area contributed by atoms with Gasteiger partial charge in [-0.3, -0.25) is 4.79 Å². The zero-order chi connectivity index (χ0) is 17.4. The van der Waals surface area contributed by atoms with E-state index in [0.717, 1.165) is 33.3 Å². The minimum absolute atomic E-state index is 0.162. The van der Waals surface area contributed by atoms with Crippen molar-refractivity contribution in [1.29, 1.82) is 0 Å². The minimum atomic E-state index is -0.162. The van der Waals surface area contributed by atoms with Crippen LogP contribution >= 0.6 is 11.6 Å². The van der Waals surface area contributed by atoms with Gasteiger partial charge in [0.1, 0.15) is 5.65 Å². The summed E-state index contributed by atoms with van der Waals surface area (Å²) in [6, 6.07) is 21.2. The Labute approximate surface area is 149 Å². The van der Waals surface area contributed by atoms with Crippen molar-refractivity contribution in [1.82, 2.24) is 9.97 Å². The Morgan fingerprint density at radius 1 is 0.920 bits per heavy atom. The number of rotatable bonds is 2. The number of halogens is 1. The van der Waals surface area contributed by atoms with Gasteiger partial charge in [-0.05, 0) is 42.3 Å². The summed E-state index contributed by atoms with van der Waals surface area (Å²) in [6.07, 6.45) is 0. The summed E-state index contributed by atoms with van der Waals surface area (Å²) >= 11 is 6.27. The van der Waals surface area contributed by atoms with Gasteiger partial charge in [0, 0.05) is 27.6 Å². The monoisotopic (exact) mass is 346 g/mol. The minimum Gasteiger partial charge on any atom is -0.307 e. The molecule has 4 rings (SSSR count). The molecular formula is C21H15ClN2O. The molecule has 0 bridgehead atoms. The molecule has 0 amide bonds. The van der Waals surface area contributed by atoms with Crippen molar-refractivity contribution in [3.63, 3.8) is 0 Å². The smallest absolute Gasteiger partial charge is 0.249 e. The molecule has 4 heteroatoms. The van der Waals surface area contributed by atoms with Gasteiger partial charge >= 0.3 is 0 Å². The first kappa shape index (κ1) is 15.6. The van der Waals surface area contributed by atoms with Crippen LogP contribution in [0.2, 0.25) is 5.02 Å². The molecule has 25 heavy (non-hydrogen) atoms. The number of aromatic amines is 1. The number of fused-ring (bicyclic) bond motifs is 1. The van der Waals surface area contributed by atoms with Crippen molar-refractivity contribution in [2.45, 2.75) is 6.92 Å². The lowest BCUT2D eigenvalue weighted by molar-refractivity contribution is 1.23. The van der Waals surface area contributed by atoms with E-state index in [2.05, 4.69) is 11.1 Å². The zero-order valence-corrected chi connectivity index (χ0v) is 14.3. The fraction of sp³-hybridized carbons (Fsp3) is 0.0476. The molecule has 122 valence electrons. The highest BCUT2D eigenvalue weighted by atomic mass is 35.5. The van der Waals surface area contributed by atoms with Crippen molar-refractivity contribution < 1.29 is 0 Å². The Balaban J connectivity index is 2.07. The maximum absolute atomic E-state index is 11.7. The molecule has 0 saturated carbocycles. The Morgan fingerprint density at radius 3 is 2.48 bits per heavy atom. The fourth-order valence-corrected chi connectivity index (χ4v) is 3.30. The molecule has 0 saturated heterocycles. The number of benzene rings is 2. The molecule has 0 aliphatic heterocycles. The summed E-state index contributed by atoms with van der Waals surface area (Å²) < 4.78 is 0. The van der Waals surface area contributed by atoms with Crippen LogP contribution < -0.4 is 5.56 Å². The van der Waals surface area contributed by atoms with Crippen molar-refractivity contribution in [3.8, 4) is 22.4 Å². The molecule has 0 aliphatic carbocycles.